The summed E-state index contributed by atoms with van der Waals surface area (Å²) in [7, 11) is 0. The van der Waals surface area contributed by atoms with E-state index in [1.807, 2.05) is 36.5 Å². The molecule has 1 aliphatic heterocycles. The summed E-state index contributed by atoms with van der Waals surface area (Å²) in [6, 6.07) is 22.6. The minimum atomic E-state index is 0.215. The largest absolute Gasteiger partial charge is 0.258 e. The van der Waals surface area contributed by atoms with E-state index in [0.29, 0.717) is 0 Å². The van der Waals surface area contributed by atoms with Gasteiger partial charge in [-0.2, -0.15) is 10.2 Å². The Balaban J connectivity index is 1.45. The average Bonchev–Trinajstić information content (AvgIpc) is 3.41. The Morgan fingerprint density at radius 1 is 0.929 bits per heavy atom. The van der Waals surface area contributed by atoms with E-state index in [4.69, 9.17) is 0 Å². The summed E-state index contributed by atoms with van der Waals surface area (Å²) < 4.78 is 1.74. The Bertz CT molecular complexity index is 1210. The first kappa shape index (κ1) is 16.3. The van der Waals surface area contributed by atoms with E-state index in [2.05, 4.69) is 68.4 Å². The first-order chi connectivity index (χ1) is 13.9. The van der Waals surface area contributed by atoms with Gasteiger partial charge in [0.05, 0.1) is 17.9 Å². The van der Waals surface area contributed by atoms with E-state index in [1.54, 1.807) is 16.9 Å². The van der Waals surface area contributed by atoms with Gasteiger partial charge >= 0.3 is 0 Å². The fourth-order valence-electron chi connectivity index (χ4n) is 3.39. The maximum Gasteiger partial charge on any atom is 0.154 e. The molecule has 1 atom stereocenters. The van der Waals surface area contributed by atoms with Gasteiger partial charge in [-0.1, -0.05) is 42.3 Å². The van der Waals surface area contributed by atoms with Gasteiger partial charge in [-0.25, -0.2) is 9.50 Å². The summed E-state index contributed by atoms with van der Waals surface area (Å²) in [6.45, 7) is 0. The maximum absolute atomic E-state index is 4.59. The lowest BCUT2D eigenvalue weighted by molar-refractivity contribution is 0.709. The molecule has 2 aromatic heterocycles. The molecule has 2 aromatic carbocycles. The van der Waals surface area contributed by atoms with Crippen molar-refractivity contribution in [2.75, 3.05) is 5.01 Å². The van der Waals surface area contributed by atoms with Crippen molar-refractivity contribution in [1.29, 1.82) is 0 Å². The second-order valence-corrected chi connectivity index (χ2v) is 6.54. The molecule has 0 aliphatic carbocycles. The van der Waals surface area contributed by atoms with Crippen LogP contribution in [0.1, 0.15) is 29.3 Å². The van der Waals surface area contributed by atoms with Gasteiger partial charge in [-0.3, -0.25) is 5.01 Å². The number of imidazole rings is 1. The Morgan fingerprint density at radius 2 is 1.86 bits per heavy atom. The molecule has 0 fully saturated rings. The van der Waals surface area contributed by atoms with Crippen LogP contribution in [0.5, 0.6) is 0 Å². The Hall–Kier alpha value is -3.91. The van der Waals surface area contributed by atoms with Gasteiger partial charge in [-0.15, -0.1) is 0 Å². The highest BCUT2D eigenvalue weighted by Gasteiger charge is 2.23. The molecule has 0 amide bonds. The molecule has 5 heteroatoms. The third-order valence-corrected chi connectivity index (χ3v) is 4.74. The van der Waals surface area contributed by atoms with Crippen LogP contribution in [-0.4, -0.2) is 20.8 Å². The second kappa shape index (κ2) is 7.01. The Labute approximate surface area is 163 Å². The highest BCUT2D eigenvalue weighted by molar-refractivity contribution is 5.68. The third-order valence-electron chi connectivity index (χ3n) is 4.74. The minimum absolute atomic E-state index is 0.215. The first-order valence-corrected chi connectivity index (χ1v) is 9.16. The lowest BCUT2D eigenvalue weighted by Gasteiger charge is -2.24. The molecule has 0 N–H and O–H groups in total. The molecule has 0 saturated carbocycles. The number of hydrogen-bond acceptors (Lipinski definition) is 4. The van der Waals surface area contributed by atoms with Crippen molar-refractivity contribution in [2.45, 2.75) is 12.5 Å². The van der Waals surface area contributed by atoms with Crippen LogP contribution in [-0.2, 0) is 0 Å². The molecule has 3 heterocycles. The summed E-state index contributed by atoms with van der Waals surface area (Å²) in [6.07, 6.45) is 6.35. The smallest absolute Gasteiger partial charge is 0.154 e. The van der Waals surface area contributed by atoms with Gasteiger partial charge in [0.25, 0.3) is 0 Å². The van der Waals surface area contributed by atoms with Crippen molar-refractivity contribution in [3.05, 3.63) is 95.9 Å². The van der Waals surface area contributed by atoms with Gasteiger partial charge in [-0.05, 0) is 41.8 Å². The molecule has 5 nitrogen and oxygen atoms in total. The van der Waals surface area contributed by atoms with Gasteiger partial charge in [0.15, 0.2) is 5.65 Å². The zero-order valence-electron chi connectivity index (χ0n) is 15.1. The Morgan fingerprint density at radius 3 is 2.79 bits per heavy atom. The molecule has 0 spiro atoms. The standard InChI is InChI=1S/C23H17N5/c1-2-7-19(8-3-1)22-13-15-26-27(22)20-9-4-6-18(16-20)11-12-21-17-24-23-10-5-14-25-28(21)23/h1-10,14-17,22H,13H2. The van der Waals surface area contributed by atoms with Gasteiger partial charge in [0.1, 0.15) is 5.69 Å². The predicted molar refractivity (Wildman–Crippen MR) is 110 cm³/mol. The summed E-state index contributed by atoms with van der Waals surface area (Å²) in [5.74, 6) is 6.40. The second-order valence-electron chi connectivity index (χ2n) is 6.54. The summed E-state index contributed by atoms with van der Waals surface area (Å²) in [5.41, 5.74) is 4.77. The number of rotatable bonds is 2. The van der Waals surface area contributed by atoms with Crippen LogP contribution in [0.4, 0.5) is 5.69 Å². The molecule has 1 unspecified atom stereocenters. The number of benzene rings is 2. The van der Waals surface area contributed by atoms with E-state index in [0.717, 1.165) is 29.0 Å². The van der Waals surface area contributed by atoms with Crippen molar-refractivity contribution in [3.63, 3.8) is 0 Å². The monoisotopic (exact) mass is 363 g/mol. The van der Waals surface area contributed by atoms with Gasteiger partial charge in [0.2, 0.25) is 0 Å². The normalized spacial score (nSPS) is 15.6. The van der Waals surface area contributed by atoms with E-state index in [1.165, 1.54) is 5.56 Å². The number of fused-ring (bicyclic) bond motifs is 1. The van der Waals surface area contributed by atoms with Crippen molar-refractivity contribution >= 4 is 17.5 Å². The van der Waals surface area contributed by atoms with Gasteiger partial charge < -0.3 is 0 Å². The molecule has 134 valence electrons. The van der Waals surface area contributed by atoms with Crippen LogP contribution in [0.2, 0.25) is 0 Å². The van der Waals surface area contributed by atoms with Crippen LogP contribution in [0, 0.1) is 11.8 Å². The van der Waals surface area contributed by atoms with E-state index in [-0.39, 0.29) is 6.04 Å². The average molecular weight is 363 g/mol. The quantitative estimate of drug-likeness (QED) is 0.505. The summed E-state index contributed by atoms with van der Waals surface area (Å²) >= 11 is 0. The fraction of sp³-hybridized carbons (Fsp3) is 0.0870. The van der Waals surface area contributed by atoms with E-state index in [9.17, 15) is 0 Å². The third kappa shape index (κ3) is 3.01. The zero-order chi connectivity index (χ0) is 18.8. The minimum Gasteiger partial charge on any atom is -0.258 e. The highest BCUT2D eigenvalue weighted by atomic mass is 15.5. The molecular weight excluding hydrogens is 346 g/mol. The van der Waals surface area contributed by atoms with E-state index >= 15 is 0 Å². The Kier molecular flexibility index (Phi) is 4.08. The topological polar surface area (TPSA) is 45.8 Å². The molecule has 0 saturated heterocycles. The lowest BCUT2D eigenvalue weighted by Crippen LogP contribution is -2.18. The predicted octanol–water partition coefficient (Wildman–Crippen LogP) is 4.07. The van der Waals surface area contributed by atoms with Crippen LogP contribution < -0.4 is 5.01 Å². The molecule has 0 radical (unpaired) electrons. The molecular formula is C23H17N5. The molecule has 1 aliphatic rings. The van der Waals surface area contributed by atoms with Crippen molar-refractivity contribution in [1.82, 2.24) is 14.6 Å². The van der Waals surface area contributed by atoms with Gasteiger partial charge in [0, 0.05) is 24.4 Å². The number of hydrazone groups is 1. The lowest BCUT2D eigenvalue weighted by atomic mass is 10.0. The van der Waals surface area contributed by atoms with Crippen LogP contribution >= 0.6 is 0 Å². The summed E-state index contributed by atoms with van der Waals surface area (Å²) in [4.78, 5) is 4.33. The van der Waals surface area contributed by atoms with E-state index < -0.39 is 0 Å². The zero-order valence-corrected chi connectivity index (χ0v) is 15.1. The van der Waals surface area contributed by atoms with Crippen LogP contribution in [0.3, 0.4) is 0 Å². The molecule has 0 bridgehead atoms. The molecule has 28 heavy (non-hydrogen) atoms. The first-order valence-electron chi connectivity index (χ1n) is 9.16. The van der Waals surface area contributed by atoms with Crippen molar-refractivity contribution in [2.24, 2.45) is 5.10 Å². The molecule has 4 aromatic rings. The van der Waals surface area contributed by atoms with Crippen molar-refractivity contribution < 1.29 is 0 Å². The number of anilines is 1. The van der Waals surface area contributed by atoms with Crippen molar-refractivity contribution in [3.8, 4) is 11.8 Å². The fourth-order valence-corrected chi connectivity index (χ4v) is 3.39. The maximum atomic E-state index is 4.59. The molecule has 5 rings (SSSR count). The van der Waals surface area contributed by atoms with Crippen LogP contribution in [0.15, 0.2) is 84.2 Å². The summed E-state index contributed by atoms with van der Waals surface area (Å²) in [5, 5.41) is 11.0. The highest BCUT2D eigenvalue weighted by Crippen LogP contribution is 2.33. The number of hydrogen-bond donors (Lipinski definition) is 0. The van der Waals surface area contributed by atoms with Crippen LogP contribution in [0.25, 0.3) is 5.65 Å². The SMILES string of the molecule is C(#Cc1cnc2cccnn12)c1cccc(N2N=CCC2c2ccccc2)c1. The number of nitrogens with zero attached hydrogens (tertiary/aromatic N) is 5. The number of aromatic nitrogens is 3.